The van der Waals surface area contributed by atoms with Crippen LogP contribution in [0.2, 0.25) is 0 Å². The van der Waals surface area contributed by atoms with Gasteiger partial charge in [0, 0.05) is 12.3 Å². The molecule has 2 rings (SSSR count). The zero-order valence-corrected chi connectivity index (χ0v) is 9.64. The molecule has 6 heteroatoms. The lowest BCUT2D eigenvalue weighted by molar-refractivity contribution is -0.137. The van der Waals surface area contributed by atoms with Crippen molar-refractivity contribution in [3.05, 3.63) is 58.5 Å². The molecule has 1 heterocycles. The lowest BCUT2D eigenvalue weighted by Crippen LogP contribution is -2.22. The molecule has 0 radical (unpaired) electrons. The molecule has 0 unspecified atom stereocenters. The maximum atomic E-state index is 13.1. The largest absolute Gasteiger partial charge is 0.480 e. The molecule has 98 valence electrons. The van der Waals surface area contributed by atoms with Crippen molar-refractivity contribution in [2.45, 2.75) is 6.54 Å². The molecule has 0 spiro atoms. The van der Waals surface area contributed by atoms with Crippen molar-refractivity contribution in [2.24, 2.45) is 0 Å². The van der Waals surface area contributed by atoms with Crippen LogP contribution in [0.1, 0.15) is 0 Å². The molecular weight excluding hydrogens is 256 g/mol. The number of aromatic nitrogens is 1. The van der Waals surface area contributed by atoms with Gasteiger partial charge in [-0.1, -0.05) is 6.07 Å². The van der Waals surface area contributed by atoms with Crippen molar-refractivity contribution in [2.75, 3.05) is 0 Å². The van der Waals surface area contributed by atoms with Crippen LogP contribution in [-0.2, 0) is 11.3 Å². The van der Waals surface area contributed by atoms with Crippen molar-refractivity contribution in [3.8, 4) is 11.1 Å². The Hall–Kier alpha value is -2.50. The maximum absolute atomic E-state index is 13.1. The van der Waals surface area contributed by atoms with E-state index in [1.165, 1.54) is 24.4 Å². The van der Waals surface area contributed by atoms with Gasteiger partial charge >= 0.3 is 5.97 Å². The third-order valence-corrected chi connectivity index (χ3v) is 2.55. The van der Waals surface area contributed by atoms with E-state index >= 15 is 0 Å². The number of benzene rings is 1. The van der Waals surface area contributed by atoms with Gasteiger partial charge in [0.2, 0.25) is 0 Å². The first-order valence-electron chi connectivity index (χ1n) is 5.35. The molecule has 4 nitrogen and oxygen atoms in total. The third kappa shape index (κ3) is 2.85. The summed E-state index contributed by atoms with van der Waals surface area (Å²) in [5.74, 6) is -3.11. The van der Waals surface area contributed by atoms with Crippen LogP contribution in [-0.4, -0.2) is 15.6 Å². The van der Waals surface area contributed by atoms with Crippen molar-refractivity contribution in [1.29, 1.82) is 0 Å². The van der Waals surface area contributed by atoms with Crippen LogP contribution < -0.4 is 5.56 Å². The molecule has 1 aromatic carbocycles. The third-order valence-electron chi connectivity index (χ3n) is 2.55. The van der Waals surface area contributed by atoms with Crippen LogP contribution in [0.4, 0.5) is 8.78 Å². The zero-order valence-electron chi connectivity index (χ0n) is 9.64. The van der Waals surface area contributed by atoms with Crippen molar-refractivity contribution in [3.63, 3.8) is 0 Å². The molecular formula is C13H9F2NO3. The second kappa shape index (κ2) is 5.01. The van der Waals surface area contributed by atoms with Crippen LogP contribution in [0.25, 0.3) is 11.1 Å². The van der Waals surface area contributed by atoms with E-state index in [2.05, 4.69) is 0 Å². The second-order valence-corrected chi connectivity index (χ2v) is 3.90. The van der Waals surface area contributed by atoms with Gasteiger partial charge in [-0.05, 0) is 29.3 Å². The van der Waals surface area contributed by atoms with E-state index in [0.29, 0.717) is 11.1 Å². The fraction of sp³-hybridized carbons (Fsp3) is 0.0769. The van der Waals surface area contributed by atoms with Crippen molar-refractivity contribution >= 4 is 5.97 Å². The Kier molecular flexibility index (Phi) is 3.41. The van der Waals surface area contributed by atoms with E-state index in [4.69, 9.17) is 5.11 Å². The molecule has 0 aliphatic heterocycles. The molecule has 0 saturated carbocycles. The van der Waals surface area contributed by atoms with Gasteiger partial charge in [0.15, 0.2) is 11.6 Å². The number of carbonyl (C=O) groups is 1. The number of aliphatic carboxylic acids is 1. The van der Waals surface area contributed by atoms with Gasteiger partial charge in [-0.3, -0.25) is 9.59 Å². The average molecular weight is 265 g/mol. The molecule has 0 saturated heterocycles. The minimum absolute atomic E-state index is 0.346. The van der Waals surface area contributed by atoms with E-state index in [1.807, 2.05) is 0 Å². The highest BCUT2D eigenvalue weighted by Crippen LogP contribution is 2.19. The number of pyridine rings is 1. The van der Waals surface area contributed by atoms with Crippen LogP contribution >= 0.6 is 0 Å². The van der Waals surface area contributed by atoms with Gasteiger partial charge in [-0.15, -0.1) is 0 Å². The summed E-state index contributed by atoms with van der Waals surface area (Å²) in [5, 5.41) is 8.59. The SMILES string of the molecule is O=C(O)Cn1ccc(-c2ccc(F)c(F)c2)cc1=O. The van der Waals surface area contributed by atoms with Gasteiger partial charge in [0.05, 0.1) is 0 Å². The van der Waals surface area contributed by atoms with E-state index in [0.717, 1.165) is 16.7 Å². The van der Waals surface area contributed by atoms with Crippen LogP contribution in [0, 0.1) is 11.6 Å². The Morgan fingerprint density at radius 3 is 2.37 bits per heavy atom. The van der Waals surface area contributed by atoms with Crippen LogP contribution in [0.15, 0.2) is 41.3 Å². The normalized spacial score (nSPS) is 10.4. The predicted molar refractivity (Wildman–Crippen MR) is 63.7 cm³/mol. The Morgan fingerprint density at radius 1 is 1.11 bits per heavy atom. The molecule has 0 bridgehead atoms. The molecule has 0 aliphatic carbocycles. The summed E-state index contributed by atoms with van der Waals surface area (Å²) in [6, 6.07) is 5.93. The number of halogens is 2. The second-order valence-electron chi connectivity index (χ2n) is 3.90. The van der Waals surface area contributed by atoms with Gasteiger partial charge in [-0.25, -0.2) is 8.78 Å². The molecule has 0 fully saturated rings. The number of nitrogens with zero attached hydrogens (tertiary/aromatic N) is 1. The first-order chi connectivity index (χ1) is 8.97. The zero-order chi connectivity index (χ0) is 14.0. The monoisotopic (exact) mass is 265 g/mol. The summed E-state index contributed by atoms with van der Waals surface area (Å²) >= 11 is 0. The number of rotatable bonds is 3. The van der Waals surface area contributed by atoms with Gasteiger partial charge < -0.3 is 9.67 Å². The van der Waals surface area contributed by atoms with E-state index in [-0.39, 0.29) is 0 Å². The highest BCUT2D eigenvalue weighted by Gasteiger charge is 2.07. The van der Waals surface area contributed by atoms with Crippen molar-refractivity contribution in [1.82, 2.24) is 4.57 Å². The molecule has 1 N–H and O–H groups in total. The van der Waals surface area contributed by atoms with Gasteiger partial charge in [0.1, 0.15) is 6.54 Å². The highest BCUT2D eigenvalue weighted by molar-refractivity contribution is 5.67. The van der Waals surface area contributed by atoms with E-state index < -0.39 is 29.7 Å². The average Bonchev–Trinajstić information content (AvgIpc) is 2.35. The predicted octanol–water partition coefficient (Wildman–Crippen LogP) is 1.88. The topological polar surface area (TPSA) is 59.3 Å². The number of hydrogen-bond donors (Lipinski definition) is 1. The van der Waals surface area contributed by atoms with Gasteiger partial charge in [-0.2, -0.15) is 0 Å². The maximum Gasteiger partial charge on any atom is 0.323 e. The first kappa shape index (κ1) is 12.9. The molecule has 2 aromatic rings. The first-order valence-corrected chi connectivity index (χ1v) is 5.35. The Labute approximate surface area is 106 Å². The summed E-state index contributed by atoms with van der Waals surface area (Å²) in [5.41, 5.74) is 0.216. The minimum atomic E-state index is -1.14. The van der Waals surface area contributed by atoms with E-state index in [9.17, 15) is 18.4 Å². The summed E-state index contributed by atoms with van der Waals surface area (Å²) in [6.45, 7) is -0.448. The Bertz CT molecular complexity index is 695. The highest BCUT2D eigenvalue weighted by atomic mass is 19.2. The van der Waals surface area contributed by atoms with Crippen LogP contribution in [0.5, 0.6) is 0 Å². The van der Waals surface area contributed by atoms with Crippen LogP contribution in [0.3, 0.4) is 0 Å². The summed E-state index contributed by atoms with van der Waals surface area (Å²) in [7, 11) is 0. The molecule has 0 atom stereocenters. The lowest BCUT2D eigenvalue weighted by Gasteiger charge is -2.05. The molecule has 1 aromatic heterocycles. The minimum Gasteiger partial charge on any atom is -0.480 e. The molecule has 0 aliphatic rings. The number of carboxylic acids is 1. The Balaban J connectivity index is 2.41. The fourth-order valence-corrected chi connectivity index (χ4v) is 1.64. The lowest BCUT2D eigenvalue weighted by atomic mass is 10.1. The van der Waals surface area contributed by atoms with Gasteiger partial charge in [0.25, 0.3) is 5.56 Å². The summed E-state index contributed by atoms with van der Waals surface area (Å²) < 4.78 is 26.9. The summed E-state index contributed by atoms with van der Waals surface area (Å²) in [6.07, 6.45) is 1.30. The standard InChI is InChI=1S/C13H9F2NO3/c14-10-2-1-8(5-11(10)15)9-3-4-16(7-13(18)19)12(17)6-9/h1-6H,7H2,(H,18,19). The molecule has 0 amide bonds. The van der Waals surface area contributed by atoms with Crippen molar-refractivity contribution < 1.29 is 18.7 Å². The number of carboxylic acid groups (broad SMARTS) is 1. The summed E-state index contributed by atoms with van der Waals surface area (Å²) in [4.78, 5) is 22.1. The quantitative estimate of drug-likeness (QED) is 0.921. The fourth-order valence-electron chi connectivity index (χ4n) is 1.64. The molecule has 19 heavy (non-hydrogen) atoms. The van der Waals surface area contributed by atoms with E-state index in [1.54, 1.807) is 0 Å². The number of hydrogen-bond acceptors (Lipinski definition) is 2. The Morgan fingerprint density at radius 2 is 1.79 bits per heavy atom. The smallest absolute Gasteiger partial charge is 0.323 e.